The van der Waals surface area contributed by atoms with Crippen LogP contribution in [0.5, 0.6) is 0 Å². The van der Waals surface area contributed by atoms with Crippen LogP contribution in [0, 0.1) is 0 Å². The lowest BCUT2D eigenvalue weighted by Gasteiger charge is -2.29. The predicted molar refractivity (Wildman–Crippen MR) is 219 cm³/mol. The van der Waals surface area contributed by atoms with Gasteiger partial charge in [-0.05, 0) is 91.4 Å². The van der Waals surface area contributed by atoms with Crippen molar-refractivity contribution >= 4 is 68.2 Å². The molecule has 9 aromatic rings. The molecule has 0 fully saturated rings. The first-order valence-corrected chi connectivity index (χ1v) is 20.7. The van der Waals surface area contributed by atoms with Crippen LogP contribution in [0.25, 0.3) is 66.1 Å². The molecule has 2 heterocycles. The van der Waals surface area contributed by atoms with E-state index in [1.54, 1.807) is 0 Å². The van der Waals surface area contributed by atoms with E-state index in [0.717, 1.165) is 22.5 Å². The van der Waals surface area contributed by atoms with Crippen molar-refractivity contribution in [3.8, 4) is 33.4 Å². The Bertz CT molecular complexity index is 2770. The number of rotatable bonds is 5. The standard InChI is InChI=1S/C48H35NOSi/c1-51(2)44-24-12-22-41(47(44)48-45(51)30-29-43-46(48)40-20-8-9-23-42(40)50-43)49(37-18-10-17-35(31-37)32-13-4-3-5-14-32)36-27-25-34(26-28-36)39-21-11-16-33-15-6-7-19-38(33)39/h3-31H,1-2H3. The van der Waals surface area contributed by atoms with E-state index in [-0.39, 0.29) is 0 Å². The SMILES string of the molecule is C[Si]1(C)c2cccc(N(c3ccc(-c4cccc5ccccc45)cc3)c3cccc(-c4ccccc4)c3)c2-c2c1ccc1oc3ccccc3c21. The Labute approximate surface area is 298 Å². The van der Waals surface area contributed by atoms with Crippen LogP contribution in [-0.4, -0.2) is 8.07 Å². The molecule has 0 amide bonds. The van der Waals surface area contributed by atoms with Gasteiger partial charge in [-0.15, -0.1) is 0 Å². The summed E-state index contributed by atoms with van der Waals surface area (Å²) < 4.78 is 6.48. The topological polar surface area (TPSA) is 16.4 Å². The summed E-state index contributed by atoms with van der Waals surface area (Å²) in [6, 6.07) is 64.0. The zero-order chi connectivity index (χ0) is 34.1. The van der Waals surface area contributed by atoms with Crippen molar-refractivity contribution in [2.24, 2.45) is 0 Å². The highest BCUT2D eigenvalue weighted by molar-refractivity contribution is 7.04. The molecule has 0 saturated heterocycles. The van der Waals surface area contributed by atoms with Crippen LogP contribution in [0.4, 0.5) is 17.1 Å². The van der Waals surface area contributed by atoms with Crippen LogP contribution in [0.2, 0.25) is 13.1 Å². The average molecular weight is 670 g/mol. The minimum atomic E-state index is -2.05. The molecule has 1 aliphatic rings. The number of para-hydroxylation sites is 1. The molecule has 8 aromatic carbocycles. The van der Waals surface area contributed by atoms with Gasteiger partial charge in [-0.2, -0.15) is 0 Å². The lowest BCUT2D eigenvalue weighted by atomic mass is 9.96. The van der Waals surface area contributed by atoms with Crippen LogP contribution < -0.4 is 15.3 Å². The Kier molecular flexibility index (Phi) is 6.67. The Morgan fingerprint density at radius 2 is 1.14 bits per heavy atom. The molecule has 0 radical (unpaired) electrons. The molecule has 0 aliphatic carbocycles. The van der Waals surface area contributed by atoms with Gasteiger partial charge in [-0.25, -0.2) is 0 Å². The zero-order valence-electron chi connectivity index (χ0n) is 28.6. The number of fused-ring (bicyclic) bond motifs is 8. The first kappa shape index (κ1) is 29.7. The quantitative estimate of drug-likeness (QED) is 0.170. The molecule has 51 heavy (non-hydrogen) atoms. The summed E-state index contributed by atoms with van der Waals surface area (Å²) in [4.78, 5) is 2.47. The van der Waals surface area contributed by atoms with Crippen LogP contribution in [0.3, 0.4) is 0 Å². The minimum absolute atomic E-state index is 0.933. The lowest BCUT2D eigenvalue weighted by molar-refractivity contribution is 0.669. The highest BCUT2D eigenvalue weighted by Crippen LogP contribution is 2.47. The molecule has 3 heteroatoms. The first-order chi connectivity index (χ1) is 25.1. The van der Waals surface area contributed by atoms with Gasteiger partial charge in [0.15, 0.2) is 0 Å². The summed E-state index contributed by atoms with van der Waals surface area (Å²) >= 11 is 0. The molecular formula is C48H35NOSi. The second-order valence-corrected chi connectivity index (χ2v) is 18.4. The maximum Gasteiger partial charge on any atom is 0.136 e. The van der Waals surface area contributed by atoms with Gasteiger partial charge in [-0.1, -0.05) is 147 Å². The molecule has 0 saturated carbocycles. The number of benzene rings is 8. The highest BCUT2D eigenvalue weighted by Gasteiger charge is 2.41. The summed E-state index contributed by atoms with van der Waals surface area (Å²) in [6.07, 6.45) is 0. The summed E-state index contributed by atoms with van der Waals surface area (Å²) in [5.74, 6) is 0. The first-order valence-electron chi connectivity index (χ1n) is 17.7. The van der Waals surface area contributed by atoms with Gasteiger partial charge >= 0.3 is 0 Å². The molecule has 0 bridgehead atoms. The largest absolute Gasteiger partial charge is 0.456 e. The monoisotopic (exact) mass is 669 g/mol. The van der Waals surface area contributed by atoms with E-state index in [1.165, 1.54) is 71.0 Å². The Morgan fingerprint density at radius 3 is 2.00 bits per heavy atom. The normalized spacial score (nSPS) is 13.1. The van der Waals surface area contributed by atoms with Gasteiger partial charge in [0.2, 0.25) is 0 Å². The Balaban J connectivity index is 1.23. The molecule has 0 atom stereocenters. The van der Waals surface area contributed by atoms with Gasteiger partial charge in [0.25, 0.3) is 0 Å². The molecule has 10 rings (SSSR count). The van der Waals surface area contributed by atoms with Crippen molar-refractivity contribution in [2.75, 3.05) is 4.90 Å². The second kappa shape index (κ2) is 11.4. The molecular weight excluding hydrogens is 635 g/mol. The summed E-state index contributed by atoms with van der Waals surface area (Å²) in [5, 5.41) is 7.84. The fraction of sp³-hybridized carbons (Fsp3) is 0.0417. The van der Waals surface area contributed by atoms with Crippen molar-refractivity contribution in [3.63, 3.8) is 0 Å². The molecule has 0 spiro atoms. The number of furan rings is 1. The fourth-order valence-corrected chi connectivity index (χ4v) is 11.5. The maximum absolute atomic E-state index is 6.48. The predicted octanol–water partition coefficient (Wildman–Crippen LogP) is 12.3. The molecule has 1 aliphatic heterocycles. The molecule has 0 N–H and O–H groups in total. The summed E-state index contributed by atoms with van der Waals surface area (Å²) in [6.45, 7) is 4.99. The third-order valence-corrected chi connectivity index (χ3v) is 14.4. The van der Waals surface area contributed by atoms with E-state index in [9.17, 15) is 0 Å². The number of hydrogen-bond acceptors (Lipinski definition) is 2. The van der Waals surface area contributed by atoms with Crippen LogP contribution in [0.1, 0.15) is 0 Å². The Morgan fingerprint density at radius 1 is 0.451 bits per heavy atom. The van der Waals surface area contributed by atoms with Crippen LogP contribution in [0.15, 0.2) is 180 Å². The van der Waals surface area contributed by atoms with E-state index in [1.807, 2.05) is 0 Å². The third kappa shape index (κ3) is 4.62. The van der Waals surface area contributed by atoms with Crippen molar-refractivity contribution in [3.05, 3.63) is 176 Å². The summed E-state index contributed by atoms with van der Waals surface area (Å²) in [5.41, 5.74) is 12.8. The number of nitrogens with zero attached hydrogens (tertiary/aromatic N) is 1. The molecule has 242 valence electrons. The van der Waals surface area contributed by atoms with E-state index in [0.29, 0.717) is 0 Å². The van der Waals surface area contributed by atoms with E-state index in [2.05, 4.69) is 194 Å². The fourth-order valence-electron chi connectivity index (χ4n) is 8.40. The highest BCUT2D eigenvalue weighted by atomic mass is 28.3. The average Bonchev–Trinajstić information content (AvgIpc) is 3.68. The second-order valence-electron chi connectivity index (χ2n) is 14.1. The number of hydrogen-bond donors (Lipinski definition) is 0. The lowest BCUT2D eigenvalue weighted by Crippen LogP contribution is -2.49. The van der Waals surface area contributed by atoms with Gasteiger partial charge in [0.05, 0.1) is 5.69 Å². The zero-order valence-corrected chi connectivity index (χ0v) is 29.6. The maximum atomic E-state index is 6.48. The van der Waals surface area contributed by atoms with E-state index >= 15 is 0 Å². The van der Waals surface area contributed by atoms with Crippen molar-refractivity contribution < 1.29 is 4.42 Å². The third-order valence-electron chi connectivity index (χ3n) is 10.9. The molecule has 1 aromatic heterocycles. The van der Waals surface area contributed by atoms with Crippen molar-refractivity contribution in [1.29, 1.82) is 0 Å². The minimum Gasteiger partial charge on any atom is -0.456 e. The summed E-state index contributed by atoms with van der Waals surface area (Å²) in [7, 11) is -2.05. The Hall–Kier alpha value is -6.16. The van der Waals surface area contributed by atoms with E-state index in [4.69, 9.17) is 4.42 Å². The van der Waals surface area contributed by atoms with Crippen LogP contribution in [-0.2, 0) is 0 Å². The van der Waals surface area contributed by atoms with Gasteiger partial charge in [0, 0.05) is 27.7 Å². The smallest absolute Gasteiger partial charge is 0.136 e. The van der Waals surface area contributed by atoms with Crippen molar-refractivity contribution in [2.45, 2.75) is 13.1 Å². The number of anilines is 3. The van der Waals surface area contributed by atoms with Gasteiger partial charge in [0.1, 0.15) is 19.2 Å². The van der Waals surface area contributed by atoms with Crippen molar-refractivity contribution in [1.82, 2.24) is 0 Å². The van der Waals surface area contributed by atoms with Gasteiger partial charge < -0.3 is 9.32 Å². The van der Waals surface area contributed by atoms with Gasteiger partial charge in [-0.3, -0.25) is 0 Å². The molecule has 0 unspecified atom stereocenters. The van der Waals surface area contributed by atoms with E-state index < -0.39 is 8.07 Å². The van der Waals surface area contributed by atoms with Crippen LogP contribution >= 0.6 is 0 Å². The molecule has 2 nitrogen and oxygen atoms in total.